The highest BCUT2D eigenvalue weighted by atomic mass is 16.5. The lowest BCUT2D eigenvalue weighted by molar-refractivity contribution is -0.126. The van der Waals surface area contributed by atoms with Crippen molar-refractivity contribution in [2.24, 2.45) is 17.1 Å². The number of rotatable bonds is 4. The number of carbonyl (C=O) groups is 2. The average molecular weight is 377 g/mol. The Morgan fingerprint density at radius 1 is 1.29 bits per heavy atom. The Kier molecular flexibility index (Phi) is 3.66. The van der Waals surface area contributed by atoms with Gasteiger partial charge in [-0.3, -0.25) is 9.59 Å². The number of aromatic nitrogens is 1. The van der Waals surface area contributed by atoms with Crippen LogP contribution in [0.15, 0.2) is 53.4 Å². The fourth-order valence-electron chi connectivity index (χ4n) is 4.88. The van der Waals surface area contributed by atoms with Crippen molar-refractivity contribution in [1.82, 2.24) is 10.3 Å². The average Bonchev–Trinajstić information content (AvgIpc) is 3.30. The summed E-state index contributed by atoms with van der Waals surface area (Å²) in [7, 11) is 1.59. The first kappa shape index (κ1) is 17.1. The SMILES string of the molecule is CNC(=O)C1=CC(C(N)=O)(C2CC2)CC2=C1OCC2c1cccc2[nH]ccc12. The molecule has 0 saturated heterocycles. The number of fused-ring (bicyclic) bond motifs is 1. The van der Waals surface area contributed by atoms with Gasteiger partial charge in [-0.2, -0.15) is 0 Å². The van der Waals surface area contributed by atoms with Crippen molar-refractivity contribution in [3.8, 4) is 0 Å². The van der Waals surface area contributed by atoms with Gasteiger partial charge in [0.25, 0.3) is 5.91 Å². The van der Waals surface area contributed by atoms with Crippen LogP contribution in [0.25, 0.3) is 10.9 Å². The van der Waals surface area contributed by atoms with Gasteiger partial charge in [-0.15, -0.1) is 0 Å². The van der Waals surface area contributed by atoms with Crippen LogP contribution in [0.3, 0.4) is 0 Å². The molecule has 5 rings (SSSR count). The molecular formula is C22H23N3O3. The topological polar surface area (TPSA) is 97.2 Å². The molecule has 1 fully saturated rings. The van der Waals surface area contributed by atoms with Crippen molar-refractivity contribution in [2.75, 3.05) is 13.7 Å². The van der Waals surface area contributed by atoms with Crippen molar-refractivity contribution in [3.63, 3.8) is 0 Å². The standard InChI is InChI=1S/C22H23N3O3/c1-24-20(26)16-10-22(21(23)27,12-5-6-12)9-15-17(11-28-19(15)16)13-3-2-4-18-14(13)7-8-25-18/h2-4,7-8,10,12,17,25H,5-6,9,11H2,1H3,(H2,23,27)(H,24,26). The highest BCUT2D eigenvalue weighted by Gasteiger charge is 2.53. The van der Waals surface area contributed by atoms with Crippen LogP contribution in [0.5, 0.6) is 0 Å². The molecule has 2 aliphatic carbocycles. The molecule has 3 aliphatic rings. The lowest BCUT2D eigenvalue weighted by Crippen LogP contribution is -2.41. The van der Waals surface area contributed by atoms with Gasteiger partial charge in [0.05, 0.1) is 17.6 Å². The zero-order chi connectivity index (χ0) is 19.5. The molecule has 6 nitrogen and oxygen atoms in total. The molecule has 1 saturated carbocycles. The van der Waals surface area contributed by atoms with E-state index in [1.165, 1.54) is 0 Å². The van der Waals surface area contributed by atoms with E-state index in [1.807, 2.05) is 18.3 Å². The molecule has 4 N–H and O–H groups in total. The number of hydrogen-bond donors (Lipinski definition) is 3. The molecule has 0 radical (unpaired) electrons. The summed E-state index contributed by atoms with van der Waals surface area (Å²) in [6.45, 7) is 0.461. The second-order valence-corrected chi connectivity index (χ2v) is 8.00. The predicted molar refractivity (Wildman–Crippen MR) is 105 cm³/mol. The number of ether oxygens (including phenoxy) is 1. The van der Waals surface area contributed by atoms with E-state index in [-0.39, 0.29) is 23.7 Å². The molecule has 2 heterocycles. The number of hydrogen-bond acceptors (Lipinski definition) is 3. The van der Waals surface area contributed by atoms with Gasteiger partial charge < -0.3 is 20.8 Å². The van der Waals surface area contributed by atoms with Crippen LogP contribution >= 0.6 is 0 Å². The summed E-state index contributed by atoms with van der Waals surface area (Å²) in [4.78, 5) is 28.5. The molecule has 1 aromatic heterocycles. The Bertz CT molecular complexity index is 1060. The van der Waals surface area contributed by atoms with Gasteiger partial charge in [-0.05, 0) is 48.4 Å². The Balaban J connectivity index is 1.66. The van der Waals surface area contributed by atoms with Gasteiger partial charge in [0.2, 0.25) is 5.91 Å². The number of nitrogens with two attached hydrogens (primary N) is 1. The molecule has 1 aromatic carbocycles. The number of nitrogens with one attached hydrogen (secondary N) is 2. The molecule has 2 atom stereocenters. The lowest BCUT2D eigenvalue weighted by atomic mass is 9.68. The largest absolute Gasteiger partial charge is 0.492 e. The zero-order valence-corrected chi connectivity index (χ0v) is 15.7. The van der Waals surface area contributed by atoms with Gasteiger partial charge in [0, 0.05) is 30.1 Å². The highest BCUT2D eigenvalue weighted by molar-refractivity contribution is 6.00. The monoisotopic (exact) mass is 377 g/mol. The number of carbonyl (C=O) groups excluding carboxylic acids is 2. The predicted octanol–water partition coefficient (Wildman–Crippen LogP) is 2.49. The van der Waals surface area contributed by atoms with Crippen molar-refractivity contribution < 1.29 is 14.3 Å². The molecular weight excluding hydrogens is 354 g/mol. The molecule has 1 aliphatic heterocycles. The van der Waals surface area contributed by atoms with E-state index in [1.54, 1.807) is 13.1 Å². The van der Waals surface area contributed by atoms with Crippen molar-refractivity contribution in [1.29, 1.82) is 0 Å². The molecule has 28 heavy (non-hydrogen) atoms. The van der Waals surface area contributed by atoms with E-state index in [2.05, 4.69) is 22.4 Å². The maximum absolute atomic E-state index is 12.6. The van der Waals surface area contributed by atoms with Crippen molar-refractivity contribution in [3.05, 3.63) is 59.0 Å². The van der Waals surface area contributed by atoms with Gasteiger partial charge in [0.15, 0.2) is 0 Å². The Labute approximate surface area is 162 Å². The minimum Gasteiger partial charge on any atom is -0.492 e. The van der Waals surface area contributed by atoms with E-state index >= 15 is 0 Å². The number of primary amides is 1. The number of aromatic amines is 1. The number of likely N-dealkylation sites (N-methyl/N-ethyl adjacent to an activating group) is 1. The first-order chi connectivity index (χ1) is 13.5. The summed E-state index contributed by atoms with van der Waals surface area (Å²) in [5.41, 5.74) is 8.77. The van der Waals surface area contributed by atoms with E-state index in [9.17, 15) is 9.59 Å². The number of amides is 2. The molecule has 0 bridgehead atoms. The third-order valence-electron chi connectivity index (χ3n) is 6.48. The fourth-order valence-corrected chi connectivity index (χ4v) is 4.88. The maximum Gasteiger partial charge on any atom is 0.254 e. The minimum atomic E-state index is -0.807. The Hall–Kier alpha value is -3.02. The smallest absolute Gasteiger partial charge is 0.254 e. The Morgan fingerprint density at radius 2 is 2.11 bits per heavy atom. The van der Waals surface area contributed by atoms with Crippen LogP contribution in [-0.4, -0.2) is 30.5 Å². The van der Waals surface area contributed by atoms with Gasteiger partial charge >= 0.3 is 0 Å². The summed E-state index contributed by atoms with van der Waals surface area (Å²) < 4.78 is 6.05. The molecule has 144 valence electrons. The van der Waals surface area contributed by atoms with Crippen LogP contribution < -0.4 is 11.1 Å². The van der Waals surface area contributed by atoms with Gasteiger partial charge in [-0.25, -0.2) is 0 Å². The third kappa shape index (κ3) is 2.33. The summed E-state index contributed by atoms with van der Waals surface area (Å²) in [5.74, 6) is 0.227. The second kappa shape index (κ2) is 5.99. The summed E-state index contributed by atoms with van der Waals surface area (Å²) >= 11 is 0. The molecule has 6 heteroatoms. The molecule has 2 amide bonds. The number of H-pyrrole nitrogens is 1. The molecule has 0 spiro atoms. The third-order valence-corrected chi connectivity index (χ3v) is 6.48. The molecule has 2 unspecified atom stereocenters. The van der Waals surface area contributed by atoms with E-state index in [0.29, 0.717) is 24.4 Å². The van der Waals surface area contributed by atoms with Crippen molar-refractivity contribution >= 4 is 22.7 Å². The Morgan fingerprint density at radius 3 is 2.82 bits per heavy atom. The van der Waals surface area contributed by atoms with Gasteiger partial charge in [-0.1, -0.05) is 18.2 Å². The van der Waals surface area contributed by atoms with Crippen LogP contribution in [0, 0.1) is 11.3 Å². The highest BCUT2D eigenvalue weighted by Crippen LogP contribution is 2.57. The lowest BCUT2D eigenvalue weighted by Gasteiger charge is -2.33. The minimum absolute atomic E-state index is 0.000307. The zero-order valence-electron chi connectivity index (χ0n) is 15.7. The fraction of sp³-hybridized carbons (Fsp3) is 0.364. The normalized spacial score (nSPS) is 26.6. The maximum atomic E-state index is 12.6. The quantitative estimate of drug-likeness (QED) is 0.764. The molecule has 2 aromatic rings. The second-order valence-electron chi connectivity index (χ2n) is 8.00. The summed E-state index contributed by atoms with van der Waals surface area (Å²) in [6, 6.07) is 8.22. The summed E-state index contributed by atoms with van der Waals surface area (Å²) in [6.07, 6.45) is 6.15. The number of benzene rings is 1. The van der Waals surface area contributed by atoms with Crippen LogP contribution in [-0.2, 0) is 14.3 Å². The van der Waals surface area contributed by atoms with Crippen LogP contribution in [0.2, 0.25) is 0 Å². The van der Waals surface area contributed by atoms with Gasteiger partial charge in [0.1, 0.15) is 5.76 Å². The summed E-state index contributed by atoms with van der Waals surface area (Å²) in [5, 5.41) is 3.82. The van der Waals surface area contributed by atoms with E-state index in [0.717, 1.165) is 34.9 Å². The van der Waals surface area contributed by atoms with Crippen molar-refractivity contribution in [2.45, 2.75) is 25.2 Å². The van der Waals surface area contributed by atoms with E-state index in [4.69, 9.17) is 10.5 Å². The first-order valence-electron chi connectivity index (χ1n) is 9.72. The van der Waals surface area contributed by atoms with Crippen LogP contribution in [0.4, 0.5) is 0 Å². The first-order valence-corrected chi connectivity index (χ1v) is 9.72. The van der Waals surface area contributed by atoms with Crippen LogP contribution in [0.1, 0.15) is 30.7 Å². The van der Waals surface area contributed by atoms with E-state index < -0.39 is 5.41 Å².